The van der Waals surface area contributed by atoms with Crippen LogP contribution < -0.4 is 9.99 Å². The van der Waals surface area contributed by atoms with E-state index in [4.69, 9.17) is 4.42 Å². The molecule has 1 aliphatic rings. The summed E-state index contributed by atoms with van der Waals surface area (Å²) < 4.78 is 8.61. The molecule has 4 aromatic rings. The van der Waals surface area contributed by atoms with Crippen LogP contribution in [-0.4, -0.2) is 0 Å². The van der Waals surface area contributed by atoms with Crippen LogP contribution in [0.1, 0.15) is 76.8 Å². The maximum absolute atomic E-state index is 6.32. The second kappa shape index (κ2) is 21.2. The molecule has 2 heterocycles. The normalized spacial score (nSPS) is 14.9. The van der Waals surface area contributed by atoms with Gasteiger partial charge in [0.2, 0.25) is 0 Å². The number of para-hydroxylation sites is 2. The van der Waals surface area contributed by atoms with Crippen LogP contribution in [0.3, 0.4) is 0 Å². The highest BCUT2D eigenvalue weighted by atomic mass is 31.1. The molecule has 0 saturated carbocycles. The number of nitrogens with zero attached hydrogens (tertiary/aromatic N) is 1. The molecule has 0 amide bonds. The molecular formula is C45H53N2OP. The van der Waals surface area contributed by atoms with E-state index in [9.17, 15) is 0 Å². The zero-order valence-corrected chi connectivity index (χ0v) is 31.2. The molecular weight excluding hydrogens is 615 g/mol. The van der Waals surface area contributed by atoms with E-state index >= 15 is 0 Å². The first-order valence-corrected chi connectivity index (χ1v) is 18.3. The molecule has 1 aliphatic heterocycles. The van der Waals surface area contributed by atoms with Crippen molar-refractivity contribution in [1.82, 2.24) is 0 Å². The highest BCUT2D eigenvalue weighted by molar-refractivity contribution is 7.43. The number of benzene rings is 3. The second-order valence-corrected chi connectivity index (χ2v) is 12.1. The molecule has 0 bridgehead atoms. The van der Waals surface area contributed by atoms with E-state index < -0.39 is 0 Å². The van der Waals surface area contributed by atoms with E-state index in [0.717, 1.165) is 69.6 Å². The van der Waals surface area contributed by atoms with Crippen molar-refractivity contribution in [2.45, 2.75) is 60.8 Å². The molecule has 254 valence electrons. The number of hydrogen-bond acceptors (Lipinski definition) is 3. The molecule has 0 fully saturated rings. The molecule has 49 heavy (non-hydrogen) atoms. The Kier molecular flexibility index (Phi) is 16.7. The SMILES string of the molecule is C/C=C\CC.C=Cc1c(/C=C\N2P/C=C\C=C/Cc3ccccc32)oc2ccc(/C=C/C(C(=C)CC)=C(\C)Nc3ccccc3)cc12.CC. The summed E-state index contributed by atoms with van der Waals surface area (Å²) in [7, 11) is 0.485. The fraction of sp³-hybridized carbons (Fsp3) is 0.200. The first-order valence-electron chi connectivity index (χ1n) is 17.3. The Bertz CT molecular complexity index is 1830. The average Bonchev–Trinajstić information content (AvgIpc) is 3.53. The number of furan rings is 1. The van der Waals surface area contributed by atoms with E-state index in [-0.39, 0.29) is 0 Å². The number of nitrogens with one attached hydrogen (secondary N) is 1. The van der Waals surface area contributed by atoms with Crippen molar-refractivity contribution >= 4 is 49.3 Å². The summed E-state index contributed by atoms with van der Waals surface area (Å²) in [6.45, 7) is 20.8. The number of allylic oxidation sites excluding steroid dienone is 9. The smallest absolute Gasteiger partial charge is 0.136 e. The van der Waals surface area contributed by atoms with E-state index in [1.54, 1.807) is 0 Å². The molecule has 1 atom stereocenters. The molecule has 0 saturated heterocycles. The van der Waals surface area contributed by atoms with Crippen LogP contribution in [0.25, 0.3) is 29.2 Å². The van der Waals surface area contributed by atoms with Crippen LogP contribution in [0.15, 0.2) is 156 Å². The van der Waals surface area contributed by atoms with Crippen molar-refractivity contribution in [2.75, 3.05) is 9.99 Å². The third-order valence-corrected chi connectivity index (χ3v) is 8.75. The van der Waals surface area contributed by atoms with Gasteiger partial charge in [-0.05, 0) is 97.6 Å². The highest BCUT2D eigenvalue weighted by Gasteiger charge is 2.13. The van der Waals surface area contributed by atoms with Gasteiger partial charge in [0.1, 0.15) is 11.3 Å². The molecule has 5 rings (SSSR count). The first-order chi connectivity index (χ1) is 24.0. The summed E-state index contributed by atoms with van der Waals surface area (Å²) in [5, 5.41) is 4.57. The zero-order chi connectivity index (χ0) is 35.4. The lowest BCUT2D eigenvalue weighted by Gasteiger charge is -2.21. The molecule has 3 nitrogen and oxygen atoms in total. The van der Waals surface area contributed by atoms with Crippen LogP contribution in [0, 0.1) is 0 Å². The molecule has 1 unspecified atom stereocenters. The fourth-order valence-electron chi connectivity index (χ4n) is 5.22. The summed E-state index contributed by atoms with van der Waals surface area (Å²) in [6, 6.07) is 25.1. The van der Waals surface area contributed by atoms with Gasteiger partial charge in [-0.3, -0.25) is 0 Å². The van der Waals surface area contributed by atoms with Crippen molar-refractivity contribution < 1.29 is 4.42 Å². The van der Waals surface area contributed by atoms with Gasteiger partial charge in [-0.15, -0.1) is 0 Å². The number of anilines is 2. The minimum absolute atomic E-state index is 0.485. The second-order valence-electron chi connectivity index (χ2n) is 11.1. The quantitative estimate of drug-likeness (QED) is 0.104. The van der Waals surface area contributed by atoms with Gasteiger partial charge in [0.15, 0.2) is 0 Å². The third-order valence-electron chi connectivity index (χ3n) is 7.74. The predicted octanol–water partition coefficient (Wildman–Crippen LogP) is 14.1. The monoisotopic (exact) mass is 668 g/mol. The molecule has 0 radical (unpaired) electrons. The standard InChI is InChI=1S/C38H37N2OP.C5H10.C2H6/c1-5-28(3)34(29(4)39-32-17-10-7-11-18-32)22-20-30-21-23-37-35(27-30)33(6-2)38(41-37)24-25-40-36-19-13-12-16-31(36)15-9-8-14-26-42-40;1-3-5-4-2;1-2/h6-14,16-27,39,42H,2-3,5,15H2,1,4H3;3,5H,4H2,1-2H3;1-2H3/b9-8-,22-20+,25-24-,26-14-,34-29-;5-3-;. The molecule has 0 spiro atoms. The van der Waals surface area contributed by atoms with Crippen LogP contribution in [0.5, 0.6) is 0 Å². The number of hydrogen-bond donors (Lipinski definition) is 1. The van der Waals surface area contributed by atoms with E-state index in [1.165, 1.54) is 11.3 Å². The van der Waals surface area contributed by atoms with Gasteiger partial charge in [-0.1, -0.05) is 132 Å². The first kappa shape index (κ1) is 38.6. The van der Waals surface area contributed by atoms with Gasteiger partial charge in [0.25, 0.3) is 0 Å². The van der Waals surface area contributed by atoms with Crippen molar-refractivity contribution in [3.05, 3.63) is 174 Å². The largest absolute Gasteiger partial charge is 0.456 e. The zero-order valence-electron chi connectivity index (χ0n) is 30.2. The van der Waals surface area contributed by atoms with Crippen LogP contribution in [-0.2, 0) is 6.42 Å². The van der Waals surface area contributed by atoms with Gasteiger partial charge in [-0.2, -0.15) is 0 Å². The number of rotatable bonds is 10. The summed E-state index contributed by atoms with van der Waals surface area (Å²) in [5.74, 6) is 3.00. The van der Waals surface area contributed by atoms with Crippen molar-refractivity contribution in [2.24, 2.45) is 0 Å². The summed E-state index contributed by atoms with van der Waals surface area (Å²) >= 11 is 0. The highest BCUT2D eigenvalue weighted by Crippen LogP contribution is 2.35. The summed E-state index contributed by atoms with van der Waals surface area (Å²) in [4.78, 5) is 0. The Morgan fingerprint density at radius 2 is 1.73 bits per heavy atom. The fourth-order valence-corrected chi connectivity index (χ4v) is 6.09. The van der Waals surface area contributed by atoms with Crippen molar-refractivity contribution in [3.8, 4) is 0 Å². The van der Waals surface area contributed by atoms with E-state index in [1.807, 2.05) is 51.1 Å². The topological polar surface area (TPSA) is 28.4 Å². The Morgan fingerprint density at radius 3 is 2.43 bits per heavy atom. The van der Waals surface area contributed by atoms with E-state index in [0.29, 0.717) is 8.73 Å². The molecule has 0 aliphatic carbocycles. The van der Waals surface area contributed by atoms with Gasteiger partial charge in [0, 0.05) is 43.0 Å². The Balaban J connectivity index is 0.000000852. The Labute approximate surface area is 297 Å². The maximum Gasteiger partial charge on any atom is 0.136 e. The molecule has 1 N–H and O–H groups in total. The summed E-state index contributed by atoms with van der Waals surface area (Å²) in [5.41, 5.74) is 9.75. The summed E-state index contributed by atoms with van der Waals surface area (Å²) in [6.07, 6.45) is 23.9. The van der Waals surface area contributed by atoms with Crippen molar-refractivity contribution in [3.63, 3.8) is 0 Å². The Hall–Kier alpha value is -4.85. The lowest BCUT2D eigenvalue weighted by molar-refractivity contribution is 0.603. The van der Waals surface area contributed by atoms with Crippen LogP contribution in [0.2, 0.25) is 0 Å². The molecule has 3 aromatic carbocycles. The minimum atomic E-state index is 0.485. The van der Waals surface area contributed by atoms with Gasteiger partial charge in [0.05, 0.1) is 0 Å². The van der Waals surface area contributed by atoms with Crippen molar-refractivity contribution in [1.29, 1.82) is 0 Å². The van der Waals surface area contributed by atoms with E-state index in [2.05, 4.69) is 153 Å². The molecule has 4 heteroatoms. The maximum atomic E-state index is 6.32. The van der Waals surface area contributed by atoms with Gasteiger partial charge in [-0.25, -0.2) is 0 Å². The average molecular weight is 669 g/mol. The lowest BCUT2D eigenvalue weighted by atomic mass is 10.0. The van der Waals surface area contributed by atoms with Gasteiger partial charge >= 0.3 is 0 Å². The Morgan fingerprint density at radius 1 is 0.980 bits per heavy atom. The minimum Gasteiger partial charge on any atom is -0.456 e. The predicted molar refractivity (Wildman–Crippen MR) is 222 cm³/mol. The third kappa shape index (κ3) is 11.4. The van der Waals surface area contributed by atoms with Gasteiger partial charge < -0.3 is 14.4 Å². The van der Waals surface area contributed by atoms with Crippen LogP contribution >= 0.6 is 8.73 Å². The van der Waals surface area contributed by atoms with Crippen LogP contribution in [0.4, 0.5) is 11.4 Å². The lowest BCUT2D eigenvalue weighted by Crippen LogP contribution is -2.04. The number of fused-ring (bicyclic) bond motifs is 2. The molecule has 1 aromatic heterocycles.